The SMILES string of the molecule is CSc1ccc(NC(=O)NCCc2cccc(C)c2)cc1. The summed E-state index contributed by atoms with van der Waals surface area (Å²) >= 11 is 1.68. The van der Waals surface area contributed by atoms with Crippen molar-refractivity contribution in [2.45, 2.75) is 18.2 Å². The highest BCUT2D eigenvalue weighted by atomic mass is 32.2. The number of rotatable bonds is 5. The summed E-state index contributed by atoms with van der Waals surface area (Å²) in [5.41, 5.74) is 3.28. The van der Waals surface area contributed by atoms with Gasteiger partial charge in [-0.3, -0.25) is 0 Å². The van der Waals surface area contributed by atoms with Crippen LogP contribution in [-0.4, -0.2) is 18.8 Å². The topological polar surface area (TPSA) is 41.1 Å². The van der Waals surface area contributed by atoms with Gasteiger partial charge >= 0.3 is 6.03 Å². The molecule has 3 nitrogen and oxygen atoms in total. The number of anilines is 1. The van der Waals surface area contributed by atoms with Crippen molar-refractivity contribution in [3.05, 3.63) is 59.7 Å². The zero-order chi connectivity index (χ0) is 15.1. The number of carbonyl (C=O) groups is 1. The average molecular weight is 300 g/mol. The summed E-state index contributed by atoms with van der Waals surface area (Å²) in [6.07, 6.45) is 2.86. The molecule has 2 N–H and O–H groups in total. The first-order chi connectivity index (χ1) is 10.2. The Morgan fingerprint density at radius 2 is 1.90 bits per heavy atom. The first-order valence-corrected chi connectivity index (χ1v) is 8.14. The van der Waals surface area contributed by atoms with E-state index in [1.807, 2.05) is 36.6 Å². The van der Waals surface area contributed by atoms with E-state index in [2.05, 4.69) is 35.8 Å². The fourth-order valence-electron chi connectivity index (χ4n) is 2.04. The van der Waals surface area contributed by atoms with Crippen LogP contribution in [0.1, 0.15) is 11.1 Å². The van der Waals surface area contributed by atoms with Crippen LogP contribution in [0.5, 0.6) is 0 Å². The summed E-state index contributed by atoms with van der Waals surface area (Å²) in [7, 11) is 0. The molecule has 4 heteroatoms. The van der Waals surface area contributed by atoms with Gasteiger partial charge in [-0.2, -0.15) is 0 Å². The average Bonchev–Trinajstić information content (AvgIpc) is 2.48. The highest BCUT2D eigenvalue weighted by Gasteiger charge is 2.01. The molecule has 0 heterocycles. The molecule has 110 valence electrons. The molecule has 0 saturated carbocycles. The third-order valence-corrected chi connectivity index (χ3v) is 3.87. The zero-order valence-electron chi connectivity index (χ0n) is 12.3. The van der Waals surface area contributed by atoms with E-state index in [9.17, 15) is 4.79 Å². The predicted molar refractivity (Wildman–Crippen MR) is 90.1 cm³/mol. The molecule has 0 radical (unpaired) electrons. The molecule has 0 fully saturated rings. The number of aryl methyl sites for hydroxylation is 1. The minimum Gasteiger partial charge on any atom is -0.338 e. The summed E-state index contributed by atoms with van der Waals surface area (Å²) in [4.78, 5) is 13.0. The summed E-state index contributed by atoms with van der Waals surface area (Å²) in [6, 6.07) is 16.0. The van der Waals surface area contributed by atoms with E-state index in [-0.39, 0.29) is 6.03 Å². The minimum atomic E-state index is -0.167. The van der Waals surface area contributed by atoms with Crippen molar-refractivity contribution >= 4 is 23.5 Å². The fourth-order valence-corrected chi connectivity index (χ4v) is 2.45. The molecule has 0 saturated heterocycles. The number of thioether (sulfide) groups is 1. The number of hydrogen-bond acceptors (Lipinski definition) is 2. The van der Waals surface area contributed by atoms with Crippen LogP contribution in [0.3, 0.4) is 0 Å². The van der Waals surface area contributed by atoms with Crippen LogP contribution < -0.4 is 10.6 Å². The van der Waals surface area contributed by atoms with Crippen molar-refractivity contribution in [1.82, 2.24) is 5.32 Å². The standard InChI is InChI=1S/C17H20N2OS/c1-13-4-3-5-14(12-13)10-11-18-17(20)19-15-6-8-16(21-2)9-7-15/h3-9,12H,10-11H2,1-2H3,(H2,18,19,20). The molecule has 0 atom stereocenters. The van der Waals surface area contributed by atoms with Gasteiger partial charge in [0.15, 0.2) is 0 Å². The van der Waals surface area contributed by atoms with Gasteiger partial charge < -0.3 is 10.6 Å². The first-order valence-electron chi connectivity index (χ1n) is 6.92. The smallest absolute Gasteiger partial charge is 0.319 e. The van der Waals surface area contributed by atoms with Crippen LogP contribution in [0.4, 0.5) is 10.5 Å². The molecule has 0 aliphatic carbocycles. The van der Waals surface area contributed by atoms with Gasteiger partial charge in [0.25, 0.3) is 0 Å². The Balaban J connectivity index is 1.76. The molecule has 0 bridgehead atoms. The van der Waals surface area contributed by atoms with E-state index in [4.69, 9.17) is 0 Å². The van der Waals surface area contributed by atoms with Crippen molar-refractivity contribution in [2.24, 2.45) is 0 Å². The molecule has 2 amide bonds. The highest BCUT2D eigenvalue weighted by Crippen LogP contribution is 2.17. The molecule has 0 spiro atoms. The normalized spacial score (nSPS) is 10.2. The van der Waals surface area contributed by atoms with E-state index in [0.29, 0.717) is 6.54 Å². The second kappa shape index (κ2) is 7.74. The van der Waals surface area contributed by atoms with E-state index in [1.165, 1.54) is 16.0 Å². The van der Waals surface area contributed by atoms with E-state index >= 15 is 0 Å². The maximum Gasteiger partial charge on any atom is 0.319 e. The van der Waals surface area contributed by atoms with Crippen LogP contribution in [-0.2, 0) is 6.42 Å². The molecule has 0 aliphatic heterocycles. The van der Waals surface area contributed by atoms with Gasteiger partial charge in [-0.05, 0) is 49.4 Å². The van der Waals surface area contributed by atoms with Crippen LogP contribution >= 0.6 is 11.8 Å². The number of hydrogen-bond donors (Lipinski definition) is 2. The Morgan fingerprint density at radius 1 is 1.14 bits per heavy atom. The number of benzene rings is 2. The quantitative estimate of drug-likeness (QED) is 0.817. The Morgan fingerprint density at radius 3 is 2.57 bits per heavy atom. The summed E-state index contributed by atoms with van der Waals surface area (Å²) in [5.74, 6) is 0. The molecular weight excluding hydrogens is 280 g/mol. The lowest BCUT2D eigenvalue weighted by Gasteiger charge is -2.08. The van der Waals surface area contributed by atoms with Gasteiger partial charge in [-0.15, -0.1) is 11.8 Å². The number of urea groups is 1. The molecular formula is C17H20N2OS. The first kappa shape index (κ1) is 15.4. The van der Waals surface area contributed by atoms with Crippen molar-refractivity contribution in [2.75, 3.05) is 18.1 Å². The summed E-state index contributed by atoms with van der Waals surface area (Å²) in [6.45, 7) is 2.69. The molecule has 2 aromatic rings. The Labute approximate surface area is 130 Å². The van der Waals surface area contributed by atoms with Gasteiger partial charge in [-0.1, -0.05) is 29.8 Å². The molecule has 2 rings (SSSR count). The zero-order valence-corrected chi connectivity index (χ0v) is 13.2. The Hall–Kier alpha value is -1.94. The minimum absolute atomic E-state index is 0.167. The van der Waals surface area contributed by atoms with Gasteiger partial charge in [0.05, 0.1) is 0 Å². The maximum atomic E-state index is 11.8. The van der Waals surface area contributed by atoms with Gasteiger partial charge in [-0.25, -0.2) is 4.79 Å². The summed E-state index contributed by atoms with van der Waals surface area (Å²) < 4.78 is 0. The van der Waals surface area contributed by atoms with Crippen LogP contribution in [0.15, 0.2) is 53.4 Å². The predicted octanol–water partition coefficient (Wildman–Crippen LogP) is 4.08. The second-order valence-corrected chi connectivity index (χ2v) is 5.73. The van der Waals surface area contributed by atoms with E-state index in [1.54, 1.807) is 11.8 Å². The molecule has 0 aliphatic rings. The lowest BCUT2D eigenvalue weighted by atomic mass is 10.1. The molecule has 2 aromatic carbocycles. The Bertz CT molecular complexity index is 596. The number of carbonyl (C=O) groups excluding carboxylic acids is 1. The van der Waals surface area contributed by atoms with E-state index < -0.39 is 0 Å². The van der Waals surface area contributed by atoms with Crippen molar-refractivity contribution in [1.29, 1.82) is 0 Å². The van der Waals surface area contributed by atoms with Crippen molar-refractivity contribution < 1.29 is 4.79 Å². The molecule has 0 unspecified atom stereocenters. The highest BCUT2D eigenvalue weighted by molar-refractivity contribution is 7.98. The fraction of sp³-hybridized carbons (Fsp3) is 0.235. The molecule has 21 heavy (non-hydrogen) atoms. The number of nitrogens with one attached hydrogen (secondary N) is 2. The third-order valence-electron chi connectivity index (χ3n) is 3.13. The second-order valence-electron chi connectivity index (χ2n) is 4.85. The Kier molecular flexibility index (Phi) is 5.69. The van der Waals surface area contributed by atoms with Crippen LogP contribution in [0.2, 0.25) is 0 Å². The monoisotopic (exact) mass is 300 g/mol. The van der Waals surface area contributed by atoms with Crippen molar-refractivity contribution in [3.63, 3.8) is 0 Å². The lowest BCUT2D eigenvalue weighted by molar-refractivity contribution is 0.252. The maximum absolute atomic E-state index is 11.8. The van der Waals surface area contributed by atoms with Gasteiger partial charge in [0.1, 0.15) is 0 Å². The van der Waals surface area contributed by atoms with E-state index in [0.717, 1.165) is 12.1 Å². The lowest BCUT2D eigenvalue weighted by Crippen LogP contribution is -2.30. The largest absolute Gasteiger partial charge is 0.338 e. The van der Waals surface area contributed by atoms with Crippen molar-refractivity contribution in [3.8, 4) is 0 Å². The van der Waals surface area contributed by atoms with Crippen LogP contribution in [0, 0.1) is 6.92 Å². The molecule has 0 aromatic heterocycles. The van der Waals surface area contributed by atoms with Crippen LogP contribution in [0.25, 0.3) is 0 Å². The number of amides is 2. The third kappa shape index (κ3) is 5.16. The van der Waals surface area contributed by atoms with Gasteiger partial charge in [0.2, 0.25) is 0 Å². The summed E-state index contributed by atoms with van der Waals surface area (Å²) in [5, 5.41) is 5.70. The van der Waals surface area contributed by atoms with Gasteiger partial charge in [0, 0.05) is 17.1 Å².